The van der Waals surface area contributed by atoms with Crippen LogP contribution in [0.2, 0.25) is 0 Å². The number of hydrogen-bond acceptors (Lipinski definition) is 5. The standard InChI is InChI=1S/C26H20FN3OS3/c1-16-12-13-20(27)21(14-16)30-23-22(34-26(30)32)24(31)29(19-10-4-3-5-11-19)25(28-23)33-15-18-9-7-6-8-17(18)2/h3-14H,15H2,1-2H3. The summed E-state index contributed by atoms with van der Waals surface area (Å²) in [4.78, 5) is 18.6. The number of fused-ring (bicyclic) bond motifs is 1. The van der Waals surface area contributed by atoms with E-state index in [0.717, 1.165) is 28.2 Å². The number of benzene rings is 3. The van der Waals surface area contributed by atoms with Gasteiger partial charge in [0, 0.05) is 5.75 Å². The van der Waals surface area contributed by atoms with E-state index < -0.39 is 5.82 Å². The SMILES string of the molecule is Cc1ccc(F)c(-n2c(=S)sc3c(=O)n(-c4ccccc4)c(SCc4ccccc4C)nc32)c1. The molecular weight excluding hydrogens is 486 g/mol. The Hall–Kier alpha value is -3.07. The lowest BCUT2D eigenvalue weighted by molar-refractivity contribution is 0.618. The molecule has 0 amide bonds. The summed E-state index contributed by atoms with van der Waals surface area (Å²) in [5.74, 6) is 0.228. The summed E-state index contributed by atoms with van der Waals surface area (Å²) < 4.78 is 18.8. The number of halogens is 1. The van der Waals surface area contributed by atoms with Gasteiger partial charge in [-0.05, 0) is 67.0 Å². The van der Waals surface area contributed by atoms with E-state index in [9.17, 15) is 9.18 Å². The highest BCUT2D eigenvalue weighted by molar-refractivity contribution is 7.98. The summed E-state index contributed by atoms with van der Waals surface area (Å²) in [5, 5.41) is 0.529. The van der Waals surface area contributed by atoms with Crippen LogP contribution in [0.3, 0.4) is 0 Å². The summed E-state index contributed by atoms with van der Waals surface area (Å²) in [6, 6.07) is 22.4. The second kappa shape index (κ2) is 9.29. The van der Waals surface area contributed by atoms with Crippen molar-refractivity contribution in [2.45, 2.75) is 24.8 Å². The van der Waals surface area contributed by atoms with Crippen LogP contribution < -0.4 is 5.56 Å². The zero-order chi connectivity index (χ0) is 23.8. The molecule has 0 N–H and O–H groups in total. The second-order valence-electron chi connectivity index (χ2n) is 7.90. The molecular formula is C26H20FN3OS3. The number of rotatable bonds is 5. The van der Waals surface area contributed by atoms with Gasteiger partial charge in [-0.2, -0.15) is 0 Å². The Labute approximate surface area is 209 Å². The van der Waals surface area contributed by atoms with E-state index in [1.165, 1.54) is 23.4 Å². The van der Waals surface area contributed by atoms with Crippen molar-refractivity contribution in [2.75, 3.05) is 0 Å². The first-order chi connectivity index (χ1) is 16.4. The van der Waals surface area contributed by atoms with Gasteiger partial charge in [0.1, 0.15) is 10.5 Å². The normalized spacial score (nSPS) is 11.3. The van der Waals surface area contributed by atoms with Crippen LogP contribution in [0, 0.1) is 23.6 Å². The number of aryl methyl sites for hydroxylation is 2. The predicted molar refractivity (Wildman–Crippen MR) is 141 cm³/mol. The number of hydrogen-bond donors (Lipinski definition) is 0. The molecule has 5 aromatic rings. The molecule has 4 nitrogen and oxygen atoms in total. The third-order valence-corrected chi connectivity index (χ3v) is 7.89. The Morgan fingerprint density at radius 3 is 2.50 bits per heavy atom. The molecule has 3 aromatic carbocycles. The molecule has 5 rings (SSSR count). The first-order valence-corrected chi connectivity index (χ1v) is 12.8. The average molecular weight is 506 g/mol. The van der Waals surface area contributed by atoms with Crippen LogP contribution in [0.15, 0.2) is 82.7 Å². The van der Waals surface area contributed by atoms with Crippen molar-refractivity contribution < 1.29 is 4.39 Å². The van der Waals surface area contributed by atoms with Gasteiger partial charge in [-0.25, -0.2) is 9.37 Å². The van der Waals surface area contributed by atoms with Gasteiger partial charge in [-0.3, -0.25) is 13.9 Å². The van der Waals surface area contributed by atoms with Gasteiger partial charge in [0.25, 0.3) is 5.56 Å². The molecule has 0 aliphatic carbocycles. The summed E-state index contributed by atoms with van der Waals surface area (Å²) >= 11 is 8.21. The maximum absolute atomic E-state index is 14.8. The number of thioether (sulfide) groups is 1. The second-order valence-corrected chi connectivity index (χ2v) is 10.5. The molecule has 0 aliphatic heterocycles. The maximum Gasteiger partial charge on any atom is 0.278 e. The van der Waals surface area contributed by atoms with Crippen LogP contribution in [0.5, 0.6) is 0 Å². The van der Waals surface area contributed by atoms with Crippen LogP contribution in [0.25, 0.3) is 21.7 Å². The fraction of sp³-hybridized carbons (Fsp3) is 0.115. The Kier molecular flexibility index (Phi) is 6.20. The van der Waals surface area contributed by atoms with Crippen molar-refractivity contribution in [1.29, 1.82) is 0 Å². The van der Waals surface area contributed by atoms with Crippen molar-refractivity contribution in [3.63, 3.8) is 0 Å². The Bertz CT molecular complexity index is 1640. The minimum absolute atomic E-state index is 0.216. The Balaban J connectivity index is 1.76. The Morgan fingerprint density at radius 2 is 1.74 bits per heavy atom. The number of para-hydroxylation sites is 1. The Morgan fingerprint density at radius 1 is 1.00 bits per heavy atom. The lowest BCUT2D eigenvalue weighted by Gasteiger charge is -2.14. The molecule has 0 radical (unpaired) electrons. The monoisotopic (exact) mass is 505 g/mol. The van der Waals surface area contributed by atoms with Crippen LogP contribution in [-0.2, 0) is 5.75 Å². The predicted octanol–water partition coefficient (Wildman–Crippen LogP) is 7.02. The lowest BCUT2D eigenvalue weighted by atomic mass is 10.1. The van der Waals surface area contributed by atoms with Crippen LogP contribution in [-0.4, -0.2) is 14.1 Å². The number of nitrogens with zero attached hydrogens (tertiary/aromatic N) is 3. The van der Waals surface area contributed by atoms with Crippen molar-refractivity contribution in [2.24, 2.45) is 0 Å². The van der Waals surface area contributed by atoms with Gasteiger partial charge in [0.15, 0.2) is 14.8 Å². The van der Waals surface area contributed by atoms with Gasteiger partial charge >= 0.3 is 0 Å². The molecule has 170 valence electrons. The third-order valence-electron chi connectivity index (χ3n) is 5.55. The van der Waals surface area contributed by atoms with Crippen molar-refractivity contribution in [3.05, 3.63) is 110 Å². The largest absolute Gasteiger partial charge is 0.278 e. The molecule has 0 unspecified atom stereocenters. The van der Waals surface area contributed by atoms with E-state index in [1.807, 2.05) is 49.4 Å². The molecule has 8 heteroatoms. The van der Waals surface area contributed by atoms with E-state index >= 15 is 0 Å². The smallest absolute Gasteiger partial charge is 0.272 e. The highest BCUT2D eigenvalue weighted by Gasteiger charge is 2.20. The summed E-state index contributed by atoms with van der Waals surface area (Å²) in [5.41, 5.74) is 4.41. The van der Waals surface area contributed by atoms with Gasteiger partial charge in [0.2, 0.25) is 0 Å². The average Bonchev–Trinajstić information content (AvgIpc) is 3.17. The molecule has 0 fully saturated rings. The minimum Gasteiger partial charge on any atom is -0.272 e. The fourth-order valence-electron chi connectivity index (χ4n) is 3.76. The quantitative estimate of drug-likeness (QED) is 0.146. The molecule has 0 saturated carbocycles. The maximum atomic E-state index is 14.8. The van der Waals surface area contributed by atoms with E-state index in [2.05, 4.69) is 19.1 Å². The zero-order valence-electron chi connectivity index (χ0n) is 18.5. The summed E-state index contributed by atoms with van der Waals surface area (Å²) in [7, 11) is 0. The first kappa shape index (κ1) is 22.7. The van der Waals surface area contributed by atoms with E-state index in [1.54, 1.807) is 21.3 Å². The van der Waals surface area contributed by atoms with Crippen molar-refractivity contribution >= 4 is 45.7 Å². The van der Waals surface area contributed by atoms with Crippen LogP contribution in [0.1, 0.15) is 16.7 Å². The molecule has 0 atom stereocenters. The topological polar surface area (TPSA) is 39.8 Å². The first-order valence-electron chi connectivity index (χ1n) is 10.6. The fourth-order valence-corrected chi connectivity index (χ4v) is 6.13. The van der Waals surface area contributed by atoms with Gasteiger partial charge in [-0.15, -0.1) is 0 Å². The van der Waals surface area contributed by atoms with Gasteiger partial charge in [0.05, 0.1) is 11.4 Å². The van der Waals surface area contributed by atoms with E-state index in [-0.39, 0.29) is 5.56 Å². The molecule has 2 heterocycles. The molecule has 2 aromatic heterocycles. The highest BCUT2D eigenvalue weighted by atomic mass is 32.2. The summed E-state index contributed by atoms with van der Waals surface area (Å²) in [6.07, 6.45) is 0. The minimum atomic E-state index is -0.412. The zero-order valence-corrected chi connectivity index (χ0v) is 20.9. The van der Waals surface area contributed by atoms with Crippen LogP contribution >= 0.6 is 35.3 Å². The summed E-state index contributed by atoms with van der Waals surface area (Å²) in [6.45, 7) is 3.95. The molecule has 0 bridgehead atoms. The van der Waals surface area contributed by atoms with Gasteiger partial charge < -0.3 is 0 Å². The van der Waals surface area contributed by atoms with Crippen LogP contribution in [0.4, 0.5) is 4.39 Å². The lowest BCUT2D eigenvalue weighted by Crippen LogP contribution is -2.21. The number of aromatic nitrogens is 3. The van der Waals surface area contributed by atoms with Crippen molar-refractivity contribution in [3.8, 4) is 11.4 Å². The number of thiazole rings is 1. The molecule has 0 aliphatic rings. The third kappa shape index (κ3) is 4.13. The van der Waals surface area contributed by atoms with Crippen molar-refractivity contribution in [1.82, 2.24) is 14.1 Å². The molecule has 34 heavy (non-hydrogen) atoms. The van der Waals surface area contributed by atoms with E-state index in [0.29, 0.717) is 30.9 Å². The highest BCUT2D eigenvalue weighted by Crippen LogP contribution is 2.30. The van der Waals surface area contributed by atoms with Gasteiger partial charge in [-0.1, -0.05) is 71.6 Å². The molecule has 0 saturated heterocycles. The molecule has 0 spiro atoms. The van der Waals surface area contributed by atoms with E-state index in [4.69, 9.17) is 17.2 Å².